The maximum atomic E-state index is 12.1. The standard InChI is InChI=1S/C19H28N6O2/c1-14-18(23-27-22-14)11-19(26)20-12-15-10-17-13-24(8-5-9-25(17)21-15)16-6-3-2-4-7-16/h10,16H,2-9,11-13H2,1H3,(H,20,26). The molecule has 2 aromatic rings. The van der Waals surface area contributed by atoms with Crippen LogP contribution in [0, 0.1) is 6.92 Å². The number of rotatable bonds is 5. The summed E-state index contributed by atoms with van der Waals surface area (Å²) in [5.74, 6) is -0.0965. The maximum absolute atomic E-state index is 12.1. The lowest BCUT2D eigenvalue weighted by atomic mass is 9.94. The van der Waals surface area contributed by atoms with Gasteiger partial charge in [-0.1, -0.05) is 29.6 Å². The number of carbonyl (C=O) groups is 1. The lowest BCUT2D eigenvalue weighted by Crippen LogP contribution is -2.36. The second-order valence-electron chi connectivity index (χ2n) is 7.72. The Morgan fingerprint density at radius 1 is 1.22 bits per heavy atom. The van der Waals surface area contributed by atoms with Gasteiger partial charge in [-0.15, -0.1) is 0 Å². The van der Waals surface area contributed by atoms with E-state index in [0.29, 0.717) is 17.9 Å². The Labute approximate surface area is 159 Å². The van der Waals surface area contributed by atoms with Crippen LogP contribution in [0.2, 0.25) is 0 Å². The third-order valence-electron chi connectivity index (χ3n) is 5.73. The summed E-state index contributed by atoms with van der Waals surface area (Å²) in [4.78, 5) is 14.8. The molecule has 27 heavy (non-hydrogen) atoms. The minimum atomic E-state index is -0.0965. The predicted molar refractivity (Wildman–Crippen MR) is 98.7 cm³/mol. The molecule has 1 N–H and O–H groups in total. The Hall–Kier alpha value is -2.22. The molecule has 1 saturated carbocycles. The Morgan fingerprint density at radius 2 is 2.07 bits per heavy atom. The molecule has 1 aliphatic heterocycles. The Balaban J connectivity index is 1.34. The van der Waals surface area contributed by atoms with Crippen LogP contribution in [0.15, 0.2) is 10.7 Å². The Kier molecular flexibility index (Phi) is 5.52. The molecule has 8 nitrogen and oxygen atoms in total. The molecule has 0 bridgehead atoms. The summed E-state index contributed by atoms with van der Waals surface area (Å²) in [7, 11) is 0. The van der Waals surface area contributed by atoms with Crippen molar-refractivity contribution in [2.45, 2.75) is 77.5 Å². The van der Waals surface area contributed by atoms with Crippen molar-refractivity contribution < 1.29 is 9.42 Å². The van der Waals surface area contributed by atoms with Crippen LogP contribution in [0.25, 0.3) is 0 Å². The molecule has 1 fully saturated rings. The number of carbonyl (C=O) groups excluding carboxylic acids is 1. The molecule has 146 valence electrons. The summed E-state index contributed by atoms with van der Waals surface area (Å²) in [5, 5.41) is 15.1. The van der Waals surface area contributed by atoms with Gasteiger partial charge in [-0.25, -0.2) is 4.63 Å². The van der Waals surface area contributed by atoms with E-state index in [-0.39, 0.29) is 12.3 Å². The van der Waals surface area contributed by atoms with E-state index < -0.39 is 0 Å². The smallest absolute Gasteiger partial charge is 0.226 e. The fraction of sp³-hybridized carbons (Fsp3) is 0.684. The largest absolute Gasteiger partial charge is 0.350 e. The SMILES string of the molecule is Cc1nonc1CC(=O)NCc1cc2n(n1)CCCN(C1CCCCC1)C2. The van der Waals surface area contributed by atoms with Crippen molar-refractivity contribution in [2.24, 2.45) is 0 Å². The molecule has 0 aromatic carbocycles. The normalized spacial score (nSPS) is 18.9. The second kappa shape index (κ2) is 8.21. The maximum Gasteiger partial charge on any atom is 0.226 e. The first kappa shape index (κ1) is 18.2. The van der Waals surface area contributed by atoms with Gasteiger partial charge in [-0.3, -0.25) is 14.4 Å². The predicted octanol–water partition coefficient (Wildman–Crippen LogP) is 1.97. The monoisotopic (exact) mass is 372 g/mol. The third-order valence-corrected chi connectivity index (χ3v) is 5.73. The summed E-state index contributed by atoms with van der Waals surface area (Å²) >= 11 is 0. The van der Waals surface area contributed by atoms with Crippen LogP contribution >= 0.6 is 0 Å². The first-order valence-corrected chi connectivity index (χ1v) is 10.0. The van der Waals surface area contributed by atoms with Crippen LogP contribution in [0.4, 0.5) is 0 Å². The van der Waals surface area contributed by atoms with E-state index in [2.05, 4.69) is 35.9 Å². The van der Waals surface area contributed by atoms with Gasteiger partial charge in [0.1, 0.15) is 11.4 Å². The van der Waals surface area contributed by atoms with Crippen LogP contribution in [0.5, 0.6) is 0 Å². The molecule has 0 radical (unpaired) electrons. The summed E-state index contributed by atoms with van der Waals surface area (Å²) < 4.78 is 6.76. The van der Waals surface area contributed by atoms with Gasteiger partial charge >= 0.3 is 0 Å². The lowest BCUT2D eigenvalue weighted by molar-refractivity contribution is -0.120. The fourth-order valence-electron chi connectivity index (χ4n) is 4.20. The lowest BCUT2D eigenvalue weighted by Gasteiger charge is -2.33. The fourth-order valence-corrected chi connectivity index (χ4v) is 4.20. The van der Waals surface area contributed by atoms with Gasteiger partial charge in [0, 0.05) is 25.7 Å². The zero-order chi connectivity index (χ0) is 18.6. The molecule has 1 amide bonds. The van der Waals surface area contributed by atoms with Crippen LogP contribution < -0.4 is 5.32 Å². The van der Waals surface area contributed by atoms with E-state index in [0.717, 1.165) is 37.8 Å². The van der Waals surface area contributed by atoms with Gasteiger partial charge in [0.05, 0.1) is 24.4 Å². The number of nitrogens with one attached hydrogen (secondary N) is 1. The van der Waals surface area contributed by atoms with E-state index >= 15 is 0 Å². The first-order chi connectivity index (χ1) is 13.2. The van der Waals surface area contributed by atoms with Gasteiger partial charge in [-0.05, 0) is 32.3 Å². The number of amides is 1. The number of aryl methyl sites for hydroxylation is 2. The molecule has 3 heterocycles. The molecule has 2 aromatic heterocycles. The van der Waals surface area contributed by atoms with Gasteiger partial charge in [0.15, 0.2) is 0 Å². The summed E-state index contributed by atoms with van der Waals surface area (Å²) in [6, 6.07) is 2.87. The summed E-state index contributed by atoms with van der Waals surface area (Å²) in [6.45, 7) is 5.30. The molecule has 0 saturated heterocycles. The van der Waals surface area contributed by atoms with Crippen molar-refractivity contribution >= 4 is 5.91 Å². The molecule has 0 atom stereocenters. The highest BCUT2D eigenvalue weighted by Gasteiger charge is 2.24. The summed E-state index contributed by atoms with van der Waals surface area (Å²) in [6.07, 6.45) is 8.07. The van der Waals surface area contributed by atoms with Crippen LogP contribution in [0.1, 0.15) is 61.3 Å². The number of nitrogens with zero attached hydrogens (tertiary/aromatic N) is 5. The van der Waals surface area contributed by atoms with E-state index in [9.17, 15) is 4.79 Å². The Bertz CT molecular complexity index is 777. The zero-order valence-electron chi connectivity index (χ0n) is 16.0. The van der Waals surface area contributed by atoms with Crippen molar-refractivity contribution in [3.8, 4) is 0 Å². The van der Waals surface area contributed by atoms with Crippen molar-refractivity contribution in [3.05, 3.63) is 28.8 Å². The number of fused-ring (bicyclic) bond motifs is 1. The third kappa shape index (κ3) is 4.37. The Morgan fingerprint density at radius 3 is 2.85 bits per heavy atom. The minimum Gasteiger partial charge on any atom is -0.350 e. The van der Waals surface area contributed by atoms with Gasteiger partial charge in [0.25, 0.3) is 0 Å². The van der Waals surface area contributed by atoms with E-state index in [1.807, 2.05) is 0 Å². The number of aromatic nitrogens is 4. The average Bonchev–Trinajstić information content (AvgIpc) is 3.20. The topological polar surface area (TPSA) is 89.1 Å². The molecule has 4 rings (SSSR count). The minimum absolute atomic E-state index is 0.0965. The molecular weight excluding hydrogens is 344 g/mol. The van der Waals surface area contributed by atoms with Crippen molar-refractivity contribution in [3.63, 3.8) is 0 Å². The second-order valence-corrected chi connectivity index (χ2v) is 7.72. The molecular formula is C19H28N6O2. The van der Waals surface area contributed by atoms with Crippen molar-refractivity contribution in [1.82, 2.24) is 30.3 Å². The van der Waals surface area contributed by atoms with Gasteiger partial charge < -0.3 is 5.32 Å². The van der Waals surface area contributed by atoms with Crippen molar-refractivity contribution in [2.75, 3.05) is 6.54 Å². The van der Waals surface area contributed by atoms with Crippen LogP contribution in [-0.4, -0.2) is 43.5 Å². The van der Waals surface area contributed by atoms with E-state index in [1.54, 1.807) is 6.92 Å². The first-order valence-electron chi connectivity index (χ1n) is 10.0. The molecule has 0 unspecified atom stereocenters. The molecule has 0 spiro atoms. The van der Waals surface area contributed by atoms with E-state index in [4.69, 9.17) is 5.10 Å². The highest BCUT2D eigenvalue weighted by atomic mass is 16.6. The molecule has 2 aliphatic rings. The molecule has 8 heteroatoms. The molecule has 1 aliphatic carbocycles. The quantitative estimate of drug-likeness (QED) is 0.863. The van der Waals surface area contributed by atoms with Crippen LogP contribution in [-0.2, 0) is 30.8 Å². The van der Waals surface area contributed by atoms with Gasteiger partial charge in [-0.2, -0.15) is 5.10 Å². The average molecular weight is 372 g/mol. The summed E-state index contributed by atoms with van der Waals surface area (Å²) in [5.41, 5.74) is 3.41. The van der Waals surface area contributed by atoms with E-state index in [1.165, 1.54) is 37.8 Å². The number of hydrogen-bond donors (Lipinski definition) is 1. The highest BCUT2D eigenvalue weighted by Crippen LogP contribution is 2.26. The van der Waals surface area contributed by atoms with Crippen LogP contribution in [0.3, 0.4) is 0 Å². The van der Waals surface area contributed by atoms with Crippen molar-refractivity contribution in [1.29, 1.82) is 0 Å². The van der Waals surface area contributed by atoms with Gasteiger partial charge in [0.2, 0.25) is 5.91 Å². The highest BCUT2D eigenvalue weighted by molar-refractivity contribution is 5.78. The number of hydrogen-bond acceptors (Lipinski definition) is 6. The zero-order valence-corrected chi connectivity index (χ0v) is 16.0.